The lowest BCUT2D eigenvalue weighted by Crippen LogP contribution is -2.63. The lowest BCUT2D eigenvalue weighted by Gasteiger charge is -2.49. The van der Waals surface area contributed by atoms with Crippen molar-refractivity contribution in [3.8, 4) is 12.3 Å². The van der Waals surface area contributed by atoms with Gasteiger partial charge in [0.25, 0.3) is 0 Å². The van der Waals surface area contributed by atoms with Gasteiger partial charge in [0.2, 0.25) is 0 Å². The molecule has 5 fully saturated rings. The second-order valence-corrected chi connectivity index (χ2v) is 18.2. The fourth-order valence-electron chi connectivity index (χ4n) is 10.3. The third-order valence-corrected chi connectivity index (χ3v) is 13.6. The van der Waals surface area contributed by atoms with Crippen LogP contribution < -0.4 is 5.32 Å². The fraction of sp³-hybridized carbons (Fsp3) is 0.857. The van der Waals surface area contributed by atoms with Gasteiger partial charge in [-0.15, -0.1) is 6.42 Å². The molecule has 5 rings (SSSR count). The molecule has 16 nitrogen and oxygen atoms in total. The SMILES string of the molecule is C#CCO[C@@]1(C)C[C@@H](C)C(=O)C2(C)CNC3C(=O)O[C@@](C)(C32)[C@@H](CC)OC(=O)[C@H](C)C(=O)[C@H](OC2CC(C)(OC)[C@@H](O)[C@H](C)O2)[C@H]1O[C@@H]1O[C@H](C)C[C@H](N(C)C)[C@H]1O. The number of aliphatic hydroxyl groups is 2. The molecule has 0 aromatic carbocycles. The number of terminal acetylenes is 1. The predicted octanol–water partition coefficient (Wildman–Crippen LogP) is 1.54. The van der Waals surface area contributed by atoms with Crippen LogP contribution in [0.15, 0.2) is 0 Å². The Balaban J connectivity index is 1.71. The first-order valence-electron chi connectivity index (χ1n) is 20.5. The normalized spacial score (nSPS) is 47.9. The number of nitrogens with zero attached hydrogens (tertiary/aromatic N) is 1. The van der Waals surface area contributed by atoms with E-state index in [0.29, 0.717) is 6.42 Å². The molecule has 0 aromatic rings. The number of carbonyl (C=O) groups is 4. The molecule has 0 aromatic heterocycles. The Morgan fingerprint density at radius 3 is 2.24 bits per heavy atom. The van der Waals surface area contributed by atoms with Crippen LogP contribution in [0.5, 0.6) is 0 Å². The van der Waals surface area contributed by atoms with Crippen LogP contribution >= 0.6 is 0 Å². The molecule has 5 aliphatic heterocycles. The third-order valence-electron chi connectivity index (χ3n) is 13.6. The van der Waals surface area contributed by atoms with Crippen LogP contribution in [0.2, 0.25) is 0 Å². The van der Waals surface area contributed by atoms with Crippen molar-refractivity contribution in [2.24, 2.45) is 23.2 Å². The second kappa shape index (κ2) is 17.4. The van der Waals surface area contributed by atoms with Crippen molar-refractivity contribution in [2.45, 2.75) is 172 Å². The first kappa shape index (κ1) is 46.5. The van der Waals surface area contributed by atoms with Gasteiger partial charge in [-0.3, -0.25) is 19.2 Å². The van der Waals surface area contributed by atoms with E-state index in [1.165, 1.54) is 14.0 Å². The monoisotopic (exact) mass is 822 g/mol. The topological polar surface area (TPSA) is 198 Å². The minimum Gasteiger partial charge on any atom is -0.458 e. The summed E-state index contributed by atoms with van der Waals surface area (Å²) < 4.78 is 50.2. The third kappa shape index (κ3) is 8.38. The van der Waals surface area contributed by atoms with Gasteiger partial charge in [0.05, 0.1) is 23.4 Å². The number of methoxy groups -OCH3 is 1. The number of Topliss-reactive ketones (excluding diaryl/α,β-unsaturated/α-hetero) is 2. The average molecular weight is 823 g/mol. The summed E-state index contributed by atoms with van der Waals surface area (Å²) in [6.07, 6.45) is -3.98. The first-order chi connectivity index (χ1) is 27.0. The molecule has 328 valence electrons. The van der Waals surface area contributed by atoms with E-state index < -0.39 is 125 Å². The molecular formula is C42H66N2O14. The Labute approximate surface area is 342 Å². The zero-order valence-electron chi connectivity index (χ0n) is 36.1. The molecule has 5 aliphatic rings. The Morgan fingerprint density at radius 1 is 0.966 bits per heavy atom. The fourth-order valence-corrected chi connectivity index (χ4v) is 10.3. The lowest BCUT2D eigenvalue weighted by atomic mass is 9.62. The summed E-state index contributed by atoms with van der Waals surface area (Å²) in [5.74, 6) is -3.07. The van der Waals surface area contributed by atoms with E-state index in [2.05, 4.69) is 11.2 Å². The molecule has 5 heterocycles. The maximum atomic E-state index is 15.2. The summed E-state index contributed by atoms with van der Waals surface area (Å²) in [5, 5.41) is 26.0. The van der Waals surface area contributed by atoms with Crippen molar-refractivity contribution in [3.05, 3.63) is 0 Å². The Hall–Kier alpha value is -2.56. The average Bonchev–Trinajstić information content (AvgIpc) is 3.67. The maximum Gasteiger partial charge on any atom is 0.324 e. The molecule has 0 radical (unpaired) electrons. The Bertz CT molecular complexity index is 1590. The van der Waals surface area contributed by atoms with Crippen molar-refractivity contribution in [1.82, 2.24) is 10.2 Å². The number of carbonyl (C=O) groups excluding carboxylic acids is 4. The van der Waals surface area contributed by atoms with Gasteiger partial charge in [0.1, 0.15) is 54.9 Å². The van der Waals surface area contributed by atoms with Gasteiger partial charge >= 0.3 is 11.9 Å². The van der Waals surface area contributed by atoms with E-state index in [-0.39, 0.29) is 38.2 Å². The largest absolute Gasteiger partial charge is 0.458 e. The number of aliphatic hydroxyl groups excluding tert-OH is 2. The number of likely N-dealkylation sites (N-methyl/N-ethyl adjacent to an activating group) is 1. The number of ketones is 2. The Kier molecular flexibility index (Phi) is 14.0. The van der Waals surface area contributed by atoms with E-state index in [1.54, 1.807) is 48.5 Å². The molecule has 0 saturated carbocycles. The maximum absolute atomic E-state index is 15.2. The predicted molar refractivity (Wildman–Crippen MR) is 207 cm³/mol. The van der Waals surface area contributed by atoms with E-state index in [1.807, 2.05) is 25.9 Å². The van der Waals surface area contributed by atoms with Crippen molar-refractivity contribution >= 4 is 23.5 Å². The highest BCUT2D eigenvalue weighted by Crippen LogP contribution is 2.53. The van der Waals surface area contributed by atoms with Gasteiger partial charge in [-0.1, -0.05) is 26.7 Å². The highest BCUT2D eigenvalue weighted by Gasteiger charge is 2.69. The molecule has 3 N–H and O–H groups in total. The van der Waals surface area contributed by atoms with Crippen LogP contribution in [0, 0.1) is 35.5 Å². The smallest absolute Gasteiger partial charge is 0.324 e. The molecule has 18 atom stereocenters. The molecule has 16 heteroatoms. The number of cyclic esters (lactones) is 1. The van der Waals surface area contributed by atoms with Gasteiger partial charge in [-0.2, -0.15) is 0 Å². The zero-order valence-corrected chi connectivity index (χ0v) is 36.1. The summed E-state index contributed by atoms with van der Waals surface area (Å²) in [6.45, 7) is 15.0. The van der Waals surface area contributed by atoms with Crippen LogP contribution in [0.1, 0.15) is 88.0 Å². The van der Waals surface area contributed by atoms with E-state index >= 15 is 9.59 Å². The van der Waals surface area contributed by atoms with Gasteiger partial charge in [0, 0.05) is 43.4 Å². The number of nitrogens with one attached hydrogen (secondary N) is 1. The second-order valence-electron chi connectivity index (χ2n) is 18.2. The van der Waals surface area contributed by atoms with E-state index in [9.17, 15) is 19.8 Å². The van der Waals surface area contributed by atoms with Crippen molar-refractivity contribution < 1.29 is 67.3 Å². The lowest BCUT2D eigenvalue weighted by molar-refractivity contribution is -0.328. The summed E-state index contributed by atoms with van der Waals surface area (Å²) in [5.41, 5.74) is -5.44. The summed E-state index contributed by atoms with van der Waals surface area (Å²) in [7, 11) is 5.09. The van der Waals surface area contributed by atoms with Crippen LogP contribution in [-0.2, 0) is 57.1 Å². The standard InChI is InChI=1S/C42H66N2O14/c1-14-16-52-41(9)18-21(3)33(47)39(7)20-43-28-32(39)42(10,58-37(28)50)26(15-2)55-36(49)23(5)29(45)31(56-27-19-40(8,51-13)34(48)24(6)54-27)35(41)57-38-30(46)25(44(11)12)17-22(4)53-38/h1,21-28,30-32,34-35,38,43,46,48H,15-20H2,2-13H3/t21-,22-,23-,24+,25+,26-,27?,28?,30-,31+,32?,34+,35-,38+,39?,40?,41+,42-/m1/s1. The van der Waals surface area contributed by atoms with Crippen molar-refractivity contribution in [1.29, 1.82) is 0 Å². The number of hydrogen-bond donors (Lipinski definition) is 3. The summed E-state index contributed by atoms with van der Waals surface area (Å²) in [4.78, 5) is 59.8. The van der Waals surface area contributed by atoms with Gasteiger partial charge < -0.3 is 58.3 Å². The van der Waals surface area contributed by atoms with E-state index in [0.717, 1.165) is 0 Å². The van der Waals surface area contributed by atoms with Crippen LogP contribution in [-0.4, -0.2) is 157 Å². The van der Waals surface area contributed by atoms with Gasteiger partial charge in [-0.25, -0.2) is 0 Å². The van der Waals surface area contributed by atoms with Crippen LogP contribution in [0.4, 0.5) is 0 Å². The molecule has 0 bridgehead atoms. The summed E-state index contributed by atoms with van der Waals surface area (Å²) >= 11 is 0. The van der Waals surface area contributed by atoms with Crippen LogP contribution in [0.25, 0.3) is 0 Å². The molecule has 0 aliphatic carbocycles. The number of rotatable bonds is 9. The number of esters is 2. The van der Waals surface area contributed by atoms with Gasteiger partial charge in [0.15, 0.2) is 24.0 Å². The molecule has 0 amide bonds. The molecule has 58 heavy (non-hydrogen) atoms. The van der Waals surface area contributed by atoms with Crippen LogP contribution in [0.3, 0.4) is 0 Å². The minimum absolute atomic E-state index is 0.0427. The minimum atomic E-state index is -1.71. The highest BCUT2D eigenvalue weighted by atomic mass is 16.7. The Morgan fingerprint density at radius 2 is 1.64 bits per heavy atom. The first-order valence-corrected chi connectivity index (χ1v) is 20.5. The molecule has 5 saturated heterocycles. The van der Waals surface area contributed by atoms with Gasteiger partial charge in [-0.05, 0) is 74.9 Å². The number of ether oxygens (including phenoxy) is 8. The molecular weight excluding hydrogens is 756 g/mol. The van der Waals surface area contributed by atoms with Crippen molar-refractivity contribution in [3.63, 3.8) is 0 Å². The number of hydrogen-bond acceptors (Lipinski definition) is 16. The highest BCUT2D eigenvalue weighted by molar-refractivity contribution is 6.01. The van der Waals surface area contributed by atoms with E-state index in [4.69, 9.17) is 44.3 Å². The molecule has 5 unspecified atom stereocenters. The zero-order chi connectivity index (χ0) is 43.3. The molecule has 0 spiro atoms. The quantitative estimate of drug-likeness (QED) is 0.172. The summed E-state index contributed by atoms with van der Waals surface area (Å²) in [6, 6.07) is -1.25. The van der Waals surface area contributed by atoms with Crippen molar-refractivity contribution in [2.75, 3.05) is 34.4 Å².